The standard InChI is InChI=1S/C10H11ClFN3O.ClH/c11-8-2-1-3-9(14-8)15-10(16)7-4-6(12)5-13-7;/h1-3,6-7,13H,4-5H2,(H,14,15,16);1H/t6-,7+;/m1./s1. The molecule has 0 bridgehead atoms. The molecule has 2 rings (SSSR count). The fraction of sp³-hybridized carbons (Fsp3) is 0.400. The highest BCUT2D eigenvalue weighted by Crippen LogP contribution is 2.13. The van der Waals surface area contributed by atoms with E-state index >= 15 is 0 Å². The predicted molar refractivity (Wildman–Crippen MR) is 66.4 cm³/mol. The summed E-state index contributed by atoms with van der Waals surface area (Å²) in [5.74, 6) is 0.0940. The van der Waals surface area contributed by atoms with Crippen molar-refractivity contribution in [3.8, 4) is 0 Å². The van der Waals surface area contributed by atoms with Gasteiger partial charge in [0.2, 0.25) is 5.91 Å². The van der Waals surface area contributed by atoms with E-state index in [1.165, 1.54) is 0 Å². The van der Waals surface area contributed by atoms with Gasteiger partial charge in [-0.25, -0.2) is 9.37 Å². The lowest BCUT2D eigenvalue weighted by Gasteiger charge is -2.09. The van der Waals surface area contributed by atoms with E-state index in [1.807, 2.05) is 0 Å². The Morgan fingerprint density at radius 2 is 2.35 bits per heavy atom. The van der Waals surface area contributed by atoms with Crippen LogP contribution in [-0.2, 0) is 4.79 Å². The summed E-state index contributed by atoms with van der Waals surface area (Å²) in [7, 11) is 0. The molecule has 0 saturated carbocycles. The Hall–Kier alpha value is -0.910. The molecule has 2 heterocycles. The first-order valence-corrected chi connectivity index (χ1v) is 5.34. The highest BCUT2D eigenvalue weighted by Gasteiger charge is 2.29. The Morgan fingerprint density at radius 3 is 2.94 bits per heavy atom. The summed E-state index contributed by atoms with van der Waals surface area (Å²) in [5, 5.41) is 5.68. The molecule has 1 aromatic heterocycles. The zero-order valence-corrected chi connectivity index (χ0v) is 10.4. The van der Waals surface area contributed by atoms with Gasteiger partial charge in [-0.3, -0.25) is 4.79 Å². The van der Waals surface area contributed by atoms with Crippen LogP contribution in [-0.4, -0.2) is 29.6 Å². The summed E-state index contributed by atoms with van der Waals surface area (Å²) in [6.45, 7) is 0.223. The lowest BCUT2D eigenvalue weighted by molar-refractivity contribution is -0.117. The molecule has 7 heteroatoms. The maximum atomic E-state index is 12.9. The van der Waals surface area contributed by atoms with E-state index < -0.39 is 12.2 Å². The molecule has 1 amide bonds. The largest absolute Gasteiger partial charge is 0.309 e. The van der Waals surface area contributed by atoms with E-state index in [1.54, 1.807) is 18.2 Å². The molecule has 0 aromatic carbocycles. The van der Waals surface area contributed by atoms with E-state index in [4.69, 9.17) is 11.6 Å². The molecule has 4 nitrogen and oxygen atoms in total. The first kappa shape index (κ1) is 14.2. The number of halogens is 3. The molecular weight excluding hydrogens is 268 g/mol. The topological polar surface area (TPSA) is 54.0 Å². The van der Waals surface area contributed by atoms with Gasteiger partial charge in [-0.05, 0) is 12.1 Å². The molecule has 94 valence electrons. The number of hydrogen-bond acceptors (Lipinski definition) is 3. The van der Waals surface area contributed by atoms with Gasteiger partial charge in [0.05, 0.1) is 6.04 Å². The third kappa shape index (κ3) is 3.80. The number of hydrogen-bond donors (Lipinski definition) is 2. The fourth-order valence-corrected chi connectivity index (χ4v) is 1.75. The van der Waals surface area contributed by atoms with E-state index in [2.05, 4.69) is 15.6 Å². The number of alkyl halides is 1. The maximum Gasteiger partial charge on any atom is 0.242 e. The van der Waals surface area contributed by atoms with Crippen molar-refractivity contribution < 1.29 is 9.18 Å². The van der Waals surface area contributed by atoms with Crippen molar-refractivity contribution in [2.45, 2.75) is 18.6 Å². The van der Waals surface area contributed by atoms with Gasteiger partial charge in [0.25, 0.3) is 0 Å². The minimum absolute atomic E-state index is 0. The van der Waals surface area contributed by atoms with Crippen LogP contribution in [0.25, 0.3) is 0 Å². The number of rotatable bonds is 2. The monoisotopic (exact) mass is 279 g/mol. The number of anilines is 1. The molecule has 1 fully saturated rings. The van der Waals surface area contributed by atoms with Crippen LogP contribution in [0.3, 0.4) is 0 Å². The second-order valence-corrected chi connectivity index (χ2v) is 4.02. The van der Waals surface area contributed by atoms with Gasteiger partial charge in [0.1, 0.15) is 17.1 Å². The molecule has 1 aliphatic heterocycles. The van der Waals surface area contributed by atoms with E-state index in [0.29, 0.717) is 11.0 Å². The molecule has 0 unspecified atom stereocenters. The van der Waals surface area contributed by atoms with Crippen LogP contribution in [0.15, 0.2) is 18.2 Å². The highest BCUT2D eigenvalue weighted by molar-refractivity contribution is 6.29. The number of amides is 1. The van der Waals surface area contributed by atoms with E-state index in [0.717, 1.165) is 0 Å². The van der Waals surface area contributed by atoms with Gasteiger partial charge in [-0.15, -0.1) is 12.4 Å². The summed E-state index contributed by atoms with van der Waals surface area (Å²) in [6, 6.07) is 4.44. The lowest BCUT2D eigenvalue weighted by atomic mass is 10.2. The quantitative estimate of drug-likeness (QED) is 0.812. The predicted octanol–water partition coefficient (Wildman–Crippen LogP) is 1.80. The number of aromatic nitrogens is 1. The first-order valence-electron chi connectivity index (χ1n) is 4.96. The minimum Gasteiger partial charge on any atom is -0.309 e. The van der Waals surface area contributed by atoms with Crippen LogP contribution in [0.2, 0.25) is 5.15 Å². The molecule has 2 atom stereocenters. The summed E-state index contributed by atoms with van der Waals surface area (Å²) in [4.78, 5) is 15.6. The van der Waals surface area contributed by atoms with E-state index in [-0.39, 0.29) is 31.3 Å². The zero-order chi connectivity index (χ0) is 11.5. The van der Waals surface area contributed by atoms with Crippen LogP contribution in [0.1, 0.15) is 6.42 Å². The minimum atomic E-state index is -0.955. The number of carbonyl (C=O) groups excluding carboxylic acids is 1. The van der Waals surface area contributed by atoms with Gasteiger partial charge in [0.15, 0.2) is 0 Å². The Balaban J connectivity index is 0.00000144. The zero-order valence-electron chi connectivity index (χ0n) is 8.82. The average molecular weight is 280 g/mol. The van der Waals surface area contributed by atoms with Crippen molar-refractivity contribution in [3.05, 3.63) is 23.4 Å². The van der Waals surface area contributed by atoms with Gasteiger partial charge < -0.3 is 10.6 Å². The van der Waals surface area contributed by atoms with Crippen LogP contribution in [0.5, 0.6) is 0 Å². The summed E-state index contributed by atoms with van der Waals surface area (Å²) >= 11 is 5.67. The third-order valence-electron chi connectivity index (χ3n) is 2.36. The number of nitrogens with one attached hydrogen (secondary N) is 2. The SMILES string of the molecule is Cl.O=C(Nc1cccc(Cl)n1)[C@@H]1C[C@@H](F)CN1. The van der Waals surface area contributed by atoms with Crippen molar-refractivity contribution in [1.82, 2.24) is 10.3 Å². The Bertz CT molecular complexity index is 405. The summed E-state index contributed by atoms with van der Waals surface area (Å²) in [6.07, 6.45) is -0.755. The Labute approximate surface area is 109 Å². The lowest BCUT2D eigenvalue weighted by Crippen LogP contribution is -2.35. The fourth-order valence-electron chi connectivity index (χ4n) is 1.58. The van der Waals surface area contributed by atoms with Gasteiger partial charge in [-0.1, -0.05) is 17.7 Å². The van der Waals surface area contributed by atoms with Crippen molar-refractivity contribution in [2.75, 3.05) is 11.9 Å². The molecule has 17 heavy (non-hydrogen) atoms. The highest BCUT2D eigenvalue weighted by atomic mass is 35.5. The smallest absolute Gasteiger partial charge is 0.242 e. The van der Waals surface area contributed by atoms with Gasteiger partial charge in [0, 0.05) is 13.0 Å². The third-order valence-corrected chi connectivity index (χ3v) is 2.57. The average Bonchev–Trinajstić information content (AvgIpc) is 2.65. The Morgan fingerprint density at radius 1 is 1.59 bits per heavy atom. The molecule has 1 aromatic rings. The second-order valence-electron chi connectivity index (χ2n) is 3.63. The number of nitrogens with zero attached hydrogens (tertiary/aromatic N) is 1. The molecule has 0 spiro atoms. The van der Waals surface area contributed by atoms with Gasteiger partial charge >= 0.3 is 0 Å². The first-order chi connectivity index (χ1) is 7.65. The normalized spacial score (nSPS) is 22.9. The van der Waals surface area contributed by atoms with Crippen LogP contribution in [0, 0.1) is 0 Å². The summed E-state index contributed by atoms with van der Waals surface area (Å²) in [5.41, 5.74) is 0. The van der Waals surface area contributed by atoms with E-state index in [9.17, 15) is 9.18 Å². The molecular formula is C10H12Cl2FN3O. The Kier molecular flexibility index (Phi) is 5.11. The van der Waals surface area contributed by atoms with Crippen molar-refractivity contribution in [1.29, 1.82) is 0 Å². The van der Waals surface area contributed by atoms with Crippen molar-refractivity contribution >= 4 is 35.7 Å². The molecule has 0 radical (unpaired) electrons. The van der Waals surface area contributed by atoms with Crippen LogP contribution >= 0.6 is 24.0 Å². The second kappa shape index (κ2) is 6.14. The van der Waals surface area contributed by atoms with Gasteiger partial charge in [-0.2, -0.15) is 0 Å². The van der Waals surface area contributed by atoms with Crippen LogP contribution < -0.4 is 10.6 Å². The maximum absolute atomic E-state index is 12.9. The summed E-state index contributed by atoms with van der Waals surface area (Å²) < 4.78 is 12.9. The molecule has 1 saturated heterocycles. The molecule has 0 aliphatic carbocycles. The van der Waals surface area contributed by atoms with Crippen LogP contribution in [0.4, 0.5) is 10.2 Å². The van der Waals surface area contributed by atoms with Crippen molar-refractivity contribution in [3.63, 3.8) is 0 Å². The number of pyridine rings is 1. The molecule has 1 aliphatic rings. The number of carbonyl (C=O) groups is 1. The van der Waals surface area contributed by atoms with Crippen molar-refractivity contribution in [2.24, 2.45) is 0 Å². The molecule has 2 N–H and O–H groups in total.